The van der Waals surface area contributed by atoms with Gasteiger partial charge in [0.2, 0.25) is 10.0 Å². The molecule has 0 atom stereocenters. The van der Waals surface area contributed by atoms with Gasteiger partial charge in [-0.3, -0.25) is 4.79 Å². The van der Waals surface area contributed by atoms with Gasteiger partial charge in [0.1, 0.15) is 5.82 Å². The average Bonchev–Trinajstić information content (AvgIpc) is 2.58. The Kier molecular flexibility index (Phi) is 5.50. The molecule has 9 heteroatoms. The molecule has 0 aliphatic heterocycles. The molecule has 7 nitrogen and oxygen atoms in total. The quantitative estimate of drug-likeness (QED) is 0.803. The van der Waals surface area contributed by atoms with Crippen molar-refractivity contribution in [2.45, 2.75) is 4.90 Å². The number of esters is 1. The predicted molar refractivity (Wildman–Crippen MR) is 87.9 cm³/mol. The number of ether oxygens (including phenoxy) is 1. The van der Waals surface area contributed by atoms with Crippen LogP contribution in [-0.2, 0) is 19.6 Å². The van der Waals surface area contributed by atoms with Crippen molar-refractivity contribution < 1.29 is 27.1 Å². The number of likely N-dealkylation sites (N-methyl/N-ethyl adjacent to an activating group) is 1. The smallest absolute Gasteiger partial charge is 0.341 e. The highest BCUT2D eigenvalue weighted by Crippen LogP contribution is 2.16. The molecule has 0 bridgehead atoms. The summed E-state index contributed by atoms with van der Waals surface area (Å²) in [6, 6.07) is 11.1. The fourth-order valence-electron chi connectivity index (χ4n) is 1.94. The van der Waals surface area contributed by atoms with Gasteiger partial charge in [-0.25, -0.2) is 22.7 Å². The zero-order valence-corrected chi connectivity index (χ0v) is 14.0. The highest BCUT2D eigenvalue weighted by molar-refractivity contribution is 7.89. The van der Waals surface area contributed by atoms with E-state index in [1.54, 1.807) is 30.3 Å². The van der Waals surface area contributed by atoms with E-state index < -0.39 is 44.8 Å². The van der Waals surface area contributed by atoms with Crippen LogP contribution in [0.1, 0.15) is 10.4 Å². The molecule has 2 N–H and O–H groups in total. The Morgan fingerprint density at radius 3 is 2.40 bits per heavy atom. The van der Waals surface area contributed by atoms with Crippen LogP contribution in [0.15, 0.2) is 53.4 Å². The fraction of sp³-hybridized carbons (Fsp3) is 0.125. The van der Waals surface area contributed by atoms with Crippen LogP contribution >= 0.6 is 0 Å². The summed E-state index contributed by atoms with van der Waals surface area (Å²) >= 11 is 0. The molecule has 2 aromatic rings. The number of anilines is 1. The van der Waals surface area contributed by atoms with E-state index in [1.165, 1.54) is 11.9 Å². The number of primary sulfonamides is 1. The van der Waals surface area contributed by atoms with Crippen molar-refractivity contribution in [1.29, 1.82) is 0 Å². The fourth-order valence-corrected chi connectivity index (χ4v) is 2.48. The normalized spacial score (nSPS) is 11.0. The molecule has 0 unspecified atom stereocenters. The Labute approximate surface area is 143 Å². The summed E-state index contributed by atoms with van der Waals surface area (Å²) in [7, 11) is -2.61. The topological polar surface area (TPSA) is 107 Å². The predicted octanol–water partition coefficient (Wildman–Crippen LogP) is 1.29. The number of para-hydroxylation sites is 1. The van der Waals surface area contributed by atoms with Crippen LogP contribution in [0, 0.1) is 5.82 Å². The minimum Gasteiger partial charge on any atom is -0.452 e. The van der Waals surface area contributed by atoms with Gasteiger partial charge in [-0.15, -0.1) is 0 Å². The number of halogens is 1. The zero-order chi connectivity index (χ0) is 18.6. The third kappa shape index (κ3) is 4.61. The van der Waals surface area contributed by atoms with Crippen molar-refractivity contribution in [2.75, 3.05) is 18.6 Å². The van der Waals surface area contributed by atoms with Crippen molar-refractivity contribution >= 4 is 27.6 Å². The van der Waals surface area contributed by atoms with E-state index in [2.05, 4.69) is 0 Å². The van der Waals surface area contributed by atoms with Crippen molar-refractivity contribution in [3.63, 3.8) is 0 Å². The van der Waals surface area contributed by atoms with E-state index >= 15 is 0 Å². The minimum atomic E-state index is -4.11. The van der Waals surface area contributed by atoms with Gasteiger partial charge in [-0.2, -0.15) is 0 Å². The van der Waals surface area contributed by atoms with Gasteiger partial charge < -0.3 is 9.64 Å². The number of sulfonamides is 1. The Balaban J connectivity index is 2.09. The molecule has 0 saturated heterocycles. The number of nitrogens with two attached hydrogens (primary N) is 1. The summed E-state index contributed by atoms with van der Waals surface area (Å²) in [5.74, 6) is -2.69. The number of nitrogens with zero attached hydrogens (tertiary/aromatic N) is 1. The molecular weight excluding hydrogens is 351 g/mol. The molecule has 0 aromatic heterocycles. The van der Waals surface area contributed by atoms with Crippen molar-refractivity contribution in [3.05, 3.63) is 59.9 Å². The number of carbonyl (C=O) groups excluding carboxylic acids is 2. The van der Waals surface area contributed by atoms with Crippen LogP contribution in [0.25, 0.3) is 0 Å². The number of hydrogen-bond donors (Lipinski definition) is 1. The first-order valence-corrected chi connectivity index (χ1v) is 8.56. The lowest BCUT2D eigenvalue weighted by Crippen LogP contribution is -2.31. The molecule has 0 radical (unpaired) electrons. The second-order valence-electron chi connectivity index (χ2n) is 5.05. The first-order valence-electron chi connectivity index (χ1n) is 7.01. The van der Waals surface area contributed by atoms with Gasteiger partial charge in [0, 0.05) is 12.7 Å². The van der Waals surface area contributed by atoms with E-state index in [-0.39, 0.29) is 0 Å². The molecule has 2 rings (SSSR count). The van der Waals surface area contributed by atoms with Crippen LogP contribution in [0.5, 0.6) is 0 Å². The van der Waals surface area contributed by atoms with E-state index in [0.717, 1.165) is 18.2 Å². The van der Waals surface area contributed by atoms with E-state index in [0.29, 0.717) is 5.69 Å². The van der Waals surface area contributed by atoms with Crippen LogP contribution in [0.3, 0.4) is 0 Å². The van der Waals surface area contributed by atoms with Gasteiger partial charge in [0.25, 0.3) is 5.91 Å². The first kappa shape index (κ1) is 18.6. The van der Waals surface area contributed by atoms with Gasteiger partial charge in [-0.1, -0.05) is 18.2 Å². The van der Waals surface area contributed by atoms with Gasteiger partial charge in [-0.05, 0) is 30.3 Å². The molecule has 1 amide bonds. The van der Waals surface area contributed by atoms with Crippen molar-refractivity contribution in [1.82, 2.24) is 0 Å². The molecule has 0 aliphatic rings. The van der Waals surface area contributed by atoms with Gasteiger partial charge in [0.15, 0.2) is 6.61 Å². The Hall–Kier alpha value is -2.78. The summed E-state index contributed by atoms with van der Waals surface area (Å²) in [5.41, 5.74) is -0.0346. The number of carbonyl (C=O) groups is 2. The SMILES string of the molecule is CN(C(=O)COC(=O)c1cc(S(N)(=O)=O)ccc1F)c1ccccc1. The number of rotatable bonds is 5. The molecule has 0 heterocycles. The largest absolute Gasteiger partial charge is 0.452 e. The van der Waals surface area contributed by atoms with Crippen LogP contribution in [0.2, 0.25) is 0 Å². The van der Waals surface area contributed by atoms with Crippen LogP contribution in [0.4, 0.5) is 10.1 Å². The standard InChI is InChI=1S/C16H15FN2O5S/c1-19(11-5-3-2-4-6-11)15(20)10-24-16(21)13-9-12(25(18,22)23)7-8-14(13)17/h2-9H,10H2,1H3,(H2,18,22,23). The van der Waals surface area contributed by atoms with Gasteiger partial charge in [0.05, 0.1) is 10.5 Å². The van der Waals surface area contributed by atoms with E-state index in [4.69, 9.17) is 9.88 Å². The van der Waals surface area contributed by atoms with Crippen LogP contribution < -0.4 is 10.0 Å². The second kappa shape index (κ2) is 7.41. The molecular formula is C16H15FN2O5S. The van der Waals surface area contributed by atoms with Crippen molar-refractivity contribution in [3.8, 4) is 0 Å². The maximum Gasteiger partial charge on any atom is 0.341 e. The minimum absolute atomic E-state index is 0.436. The Bertz CT molecular complexity index is 900. The molecule has 0 aliphatic carbocycles. The molecule has 2 aromatic carbocycles. The zero-order valence-electron chi connectivity index (χ0n) is 13.2. The maximum absolute atomic E-state index is 13.7. The average molecular weight is 366 g/mol. The number of hydrogen-bond acceptors (Lipinski definition) is 5. The molecule has 0 fully saturated rings. The Morgan fingerprint density at radius 2 is 1.80 bits per heavy atom. The lowest BCUT2D eigenvalue weighted by atomic mass is 10.2. The summed E-state index contributed by atoms with van der Waals surface area (Å²) in [5, 5.41) is 4.94. The van der Waals surface area contributed by atoms with Crippen LogP contribution in [-0.4, -0.2) is 33.9 Å². The molecule has 132 valence electrons. The number of benzene rings is 2. The third-order valence-corrected chi connectivity index (χ3v) is 4.24. The summed E-state index contributed by atoms with van der Waals surface area (Å²) in [6.07, 6.45) is 0. The number of amides is 1. The summed E-state index contributed by atoms with van der Waals surface area (Å²) in [4.78, 5) is 24.8. The monoisotopic (exact) mass is 366 g/mol. The highest BCUT2D eigenvalue weighted by Gasteiger charge is 2.20. The first-order chi connectivity index (χ1) is 11.7. The highest BCUT2D eigenvalue weighted by atomic mass is 32.2. The van der Waals surface area contributed by atoms with E-state index in [9.17, 15) is 22.4 Å². The molecule has 0 spiro atoms. The Morgan fingerprint density at radius 1 is 1.16 bits per heavy atom. The molecule has 0 saturated carbocycles. The lowest BCUT2D eigenvalue weighted by Gasteiger charge is -2.17. The summed E-state index contributed by atoms with van der Waals surface area (Å²) < 4.78 is 41.0. The lowest BCUT2D eigenvalue weighted by molar-refractivity contribution is -0.121. The summed E-state index contributed by atoms with van der Waals surface area (Å²) in [6.45, 7) is -0.636. The molecule has 25 heavy (non-hydrogen) atoms. The van der Waals surface area contributed by atoms with E-state index in [1.807, 2.05) is 0 Å². The van der Waals surface area contributed by atoms with Gasteiger partial charge >= 0.3 is 5.97 Å². The maximum atomic E-state index is 13.7. The third-order valence-electron chi connectivity index (χ3n) is 3.33. The van der Waals surface area contributed by atoms with Crippen molar-refractivity contribution in [2.24, 2.45) is 5.14 Å². The second-order valence-corrected chi connectivity index (χ2v) is 6.61.